The molecule has 38 heavy (non-hydrogen) atoms. The summed E-state index contributed by atoms with van der Waals surface area (Å²) in [5.74, 6) is -0.107. The van der Waals surface area contributed by atoms with Gasteiger partial charge in [-0.25, -0.2) is 13.1 Å². The third kappa shape index (κ3) is 5.83. The zero-order valence-electron chi connectivity index (χ0n) is 20.9. The summed E-state index contributed by atoms with van der Waals surface area (Å²) in [7, 11) is -3.72. The summed E-state index contributed by atoms with van der Waals surface area (Å²) in [6.45, 7) is 1.63. The number of hydrogen-bond donors (Lipinski definition) is 1. The molecule has 0 saturated carbocycles. The van der Waals surface area contributed by atoms with Gasteiger partial charge in [0.1, 0.15) is 0 Å². The Bertz CT molecular complexity index is 1400. The van der Waals surface area contributed by atoms with Gasteiger partial charge in [0.15, 0.2) is 0 Å². The largest absolute Gasteiger partial charge is 0.336 e. The number of carbonyl (C=O) groups excluding carboxylic acids is 1. The van der Waals surface area contributed by atoms with Crippen molar-refractivity contribution in [1.82, 2.24) is 19.5 Å². The molecule has 0 aliphatic carbocycles. The van der Waals surface area contributed by atoms with Crippen LogP contribution in [0, 0.1) is 0 Å². The smallest absolute Gasteiger partial charge is 0.255 e. The molecule has 1 atom stereocenters. The third-order valence-electron chi connectivity index (χ3n) is 6.85. The predicted molar refractivity (Wildman–Crippen MR) is 147 cm³/mol. The molecule has 0 bridgehead atoms. The van der Waals surface area contributed by atoms with Crippen LogP contribution in [-0.4, -0.2) is 61.3 Å². The second kappa shape index (κ2) is 11.7. The van der Waals surface area contributed by atoms with Crippen LogP contribution in [0.25, 0.3) is 0 Å². The molecule has 1 saturated heterocycles. The normalized spacial score (nSPS) is 16.4. The number of nitrogens with one attached hydrogen (secondary N) is 1. The first kappa shape index (κ1) is 25.8. The number of sulfonamides is 1. The van der Waals surface area contributed by atoms with Gasteiger partial charge in [0, 0.05) is 44.6 Å². The van der Waals surface area contributed by atoms with Crippen molar-refractivity contribution in [3.63, 3.8) is 0 Å². The van der Waals surface area contributed by atoms with E-state index in [9.17, 15) is 13.2 Å². The molecule has 2 heterocycles. The summed E-state index contributed by atoms with van der Waals surface area (Å²) in [5, 5.41) is 0. The highest BCUT2D eigenvalue weighted by atomic mass is 32.2. The van der Waals surface area contributed by atoms with Crippen molar-refractivity contribution in [2.45, 2.75) is 17.0 Å². The van der Waals surface area contributed by atoms with E-state index in [-0.39, 0.29) is 29.4 Å². The molecule has 5 rings (SSSR count). The van der Waals surface area contributed by atoms with Crippen LogP contribution < -0.4 is 4.72 Å². The SMILES string of the molecule is O=C(c1cccnc1)N1CCN(C(c2ccccc2)c2ccccc2)C(CNS(=O)(=O)c2ccccc2)C1. The Balaban J connectivity index is 1.47. The quantitative estimate of drug-likeness (QED) is 0.376. The van der Waals surface area contributed by atoms with Crippen molar-refractivity contribution < 1.29 is 13.2 Å². The molecule has 0 spiro atoms. The molecule has 8 heteroatoms. The fourth-order valence-corrected chi connectivity index (χ4v) is 6.08. The number of benzene rings is 3. The van der Waals surface area contributed by atoms with Crippen LogP contribution in [0.2, 0.25) is 0 Å². The van der Waals surface area contributed by atoms with Crippen molar-refractivity contribution >= 4 is 15.9 Å². The maximum Gasteiger partial charge on any atom is 0.255 e. The molecule has 1 N–H and O–H groups in total. The number of nitrogens with zero attached hydrogens (tertiary/aromatic N) is 3. The molecular formula is C30H30N4O3S. The van der Waals surface area contributed by atoms with Crippen LogP contribution in [0.1, 0.15) is 27.5 Å². The van der Waals surface area contributed by atoms with Gasteiger partial charge < -0.3 is 4.90 Å². The minimum Gasteiger partial charge on any atom is -0.336 e. The number of piperazine rings is 1. The highest BCUT2D eigenvalue weighted by Gasteiger charge is 2.36. The standard InChI is InChI=1S/C30H30N4O3S/c35-30(26-15-10-18-31-21-26)33-19-20-34(27(23-33)22-32-38(36,37)28-16-8-3-9-17-28)29(24-11-4-1-5-12-24)25-13-6-2-7-14-25/h1-18,21,27,29,32H,19-20,22-23H2. The zero-order chi connectivity index (χ0) is 26.4. The van der Waals surface area contributed by atoms with Crippen molar-refractivity contribution in [2.75, 3.05) is 26.2 Å². The number of pyridine rings is 1. The second-order valence-corrected chi connectivity index (χ2v) is 11.0. The van der Waals surface area contributed by atoms with Gasteiger partial charge in [-0.15, -0.1) is 0 Å². The number of amides is 1. The maximum absolute atomic E-state index is 13.3. The Hall–Kier alpha value is -3.85. The lowest BCUT2D eigenvalue weighted by Gasteiger charge is -2.45. The molecule has 1 amide bonds. The van der Waals surface area contributed by atoms with E-state index >= 15 is 0 Å². The summed E-state index contributed by atoms with van der Waals surface area (Å²) in [4.78, 5) is 21.7. The molecule has 4 aromatic rings. The molecule has 194 valence electrons. The fourth-order valence-electron chi connectivity index (χ4n) is 4.98. The van der Waals surface area contributed by atoms with Gasteiger partial charge >= 0.3 is 0 Å². The van der Waals surface area contributed by atoms with Gasteiger partial charge in [-0.2, -0.15) is 0 Å². The van der Waals surface area contributed by atoms with Crippen LogP contribution >= 0.6 is 0 Å². The summed E-state index contributed by atoms with van der Waals surface area (Å²) in [5.41, 5.74) is 2.75. The van der Waals surface area contributed by atoms with Crippen LogP contribution in [0.15, 0.2) is 120 Å². The van der Waals surface area contributed by atoms with E-state index in [1.807, 2.05) is 36.4 Å². The van der Waals surface area contributed by atoms with Gasteiger partial charge in [-0.1, -0.05) is 78.9 Å². The molecule has 1 unspecified atom stereocenters. The minimum absolute atomic E-state index is 0.0979. The van der Waals surface area contributed by atoms with E-state index in [2.05, 4.69) is 38.9 Å². The monoisotopic (exact) mass is 526 g/mol. The van der Waals surface area contributed by atoms with Crippen LogP contribution in [-0.2, 0) is 10.0 Å². The van der Waals surface area contributed by atoms with E-state index in [4.69, 9.17) is 0 Å². The lowest BCUT2D eigenvalue weighted by atomic mass is 9.94. The van der Waals surface area contributed by atoms with Crippen molar-refractivity contribution in [1.29, 1.82) is 0 Å². The first-order valence-corrected chi connectivity index (χ1v) is 14.1. The molecule has 0 radical (unpaired) electrons. The van der Waals surface area contributed by atoms with Gasteiger partial charge in [0.2, 0.25) is 10.0 Å². The summed E-state index contributed by atoms with van der Waals surface area (Å²) >= 11 is 0. The van der Waals surface area contributed by atoms with Crippen molar-refractivity contribution in [2.24, 2.45) is 0 Å². The van der Waals surface area contributed by atoms with E-state index in [0.717, 1.165) is 11.1 Å². The summed E-state index contributed by atoms with van der Waals surface area (Å²) < 4.78 is 29.0. The molecule has 3 aromatic carbocycles. The Morgan fingerprint density at radius 2 is 1.45 bits per heavy atom. The Labute approximate surface area is 223 Å². The molecule has 7 nitrogen and oxygen atoms in total. The molecule has 1 fully saturated rings. The van der Waals surface area contributed by atoms with Crippen LogP contribution in [0.3, 0.4) is 0 Å². The van der Waals surface area contributed by atoms with E-state index in [0.29, 0.717) is 25.2 Å². The average molecular weight is 527 g/mol. The maximum atomic E-state index is 13.3. The fraction of sp³-hybridized carbons (Fsp3) is 0.200. The Morgan fingerprint density at radius 3 is 2.03 bits per heavy atom. The highest BCUT2D eigenvalue weighted by molar-refractivity contribution is 7.89. The molecular weight excluding hydrogens is 496 g/mol. The predicted octanol–water partition coefficient (Wildman–Crippen LogP) is 3.98. The topological polar surface area (TPSA) is 82.6 Å². The number of carbonyl (C=O) groups is 1. The second-order valence-electron chi connectivity index (χ2n) is 9.27. The van der Waals surface area contributed by atoms with Gasteiger partial charge in [0.25, 0.3) is 5.91 Å². The number of hydrogen-bond acceptors (Lipinski definition) is 5. The molecule has 1 aliphatic heterocycles. The molecule has 1 aliphatic rings. The van der Waals surface area contributed by atoms with Gasteiger partial charge in [-0.3, -0.25) is 14.7 Å². The minimum atomic E-state index is -3.72. The average Bonchev–Trinajstić information content (AvgIpc) is 2.98. The van der Waals surface area contributed by atoms with Gasteiger partial charge in [-0.05, 0) is 35.4 Å². The Kier molecular flexibility index (Phi) is 7.93. The number of rotatable bonds is 8. The summed E-state index contributed by atoms with van der Waals surface area (Å²) in [6.07, 6.45) is 3.21. The van der Waals surface area contributed by atoms with Crippen molar-refractivity contribution in [3.8, 4) is 0 Å². The first-order valence-electron chi connectivity index (χ1n) is 12.6. The van der Waals surface area contributed by atoms with Crippen molar-refractivity contribution in [3.05, 3.63) is 132 Å². The van der Waals surface area contributed by atoms with Crippen LogP contribution in [0.5, 0.6) is 0 Å². The zero-order valence-corrected chi connectivity index (χ0v) is 21.7. The third-order valence-corrected chi connectivity index (χ3v) is 8.29. The van der Waals surface area contributed by atoms with Crippen LogP contribution in [0.4, 0.5) is 0 Å². The summed E-state index contributed by atoms with van der Waals surface area (Å²) in [6, 6.07) is 31.9. The van der Waals surface area contributed by atoms with E-state index in [1.54, 1.807) is 59.8 Å². The first-order chi connectivity index (χ1) is 18.5. The lowest BCUT2D eigenvalue weighted by molar-refractivity contribution is 0.0397. The lowest BCUT2D eigenvalue weighted by Crippen LogP contribution is -2.59. The molecule has 1 aromatic heterocycles. The highest BCUT2D eigenvalue weighted by Crippen LogP contribution is 2.32. The van der Waals surface area contributed by atoms with Gasteiger partial charge in [0.05, 0.1) is 16.5 Å². The van der Waals surface area contributed by atoms with E-state index in [1.165, 1.54) is 0 Å². The number of aromatic nitrogens is 1. The van der Waals surface area contributed by atoms with E-state index < -0.39 is 10.0 Å². The Morgan fingerprint density at radius 1 is 0.842 bits per heavy atom.